The molecule has 1 aliphatic rings. The molecule has 0 amide bonds. The van der Waals surface area contributed by atoms with E-state index in [1.807, 2.05) is 0 Å². The lowest BCUT2D eigenvalue weighted by molar-refractivity contribution is 0.620. The number of nitrogens with zero attached hydrogens (tertiary/aromatic N) is 3. The normalized spacial score (nSPS) is 16.0. The molecular weight excluding hydrogens is 621 g/mol. The lowest BCUT2D eigenvalue weighted by Gasteiger charge is -2.33. The molecule has 0 aliphatic carbocycles. The average molecular weight is 655 g/mol. The van der Waals surface area contributed by atoms with Crippen LogP contribution in [0.3, 0.4) is 0 Å². The SMILES string of the molecule is CC1(c2cc3c4ccccc4n(-c4ccccc4)c3cc2-n2c3ccccc3c3ccccc32)C=C(c2ccccc2)NC(c2ccccc2)=N1. The summed E-state index contributed by atoms with van der Waals surface area (Å²) in [5.41, 5.74) is 10.5. The Hall–Kier alpha value is -6.65. The summed E-state index contributed by atoms with van der Waals surface area (Å²) >= 11 is 0. The minimum Gasteiger partial charge on any atom is -0.340 e. The molecule has 4 heteroatoms. The highest BCUT2D eigenvalue weighted by Crippen LogP contribution is 2.44. The number of fused-ring (bicyclic) bond motifs is 6. The molecule has 242 valence electrons. The standard InChI is InChI=1S/C47H34N4/c1-47(31-40(32-17-5-2-6-18-32)48-46(49-47)33-19-7-3-8-20-33)39-29-38-37-25-13-14-26-41(37)50(34-21-9-4-10-22-34)44(38)30-45(39)51-42-27-15-11-23-35(42)36-24-12-16-28-43(36)51/h2-31H,1H3,(H,48,49). The second-order valence-electron chi connectivity index (χ2n) is 13.5. The third-order valence-corrected chi connectivity index (χ3v) is 10.3. The Labute approximate surface area is 296 Å². The minimum absolute atomic E-state index is 0.743. The van der Waals surface area contributed by atoms with Crippen LogP contribution in [0.5, 0.6) is 0 Å². The van der Waals surface area contributed by atoms with Gasteiger partial charge in [0.1, 0.15) is 11.4 Å². The fraction of sp³-hybridized carbons (Fsp3) is 0.0426. The summed E-state index contributed by atoms with van der Waals surface area (Å²) in [7, 11) is 0. The van der Waals surface area contributed by atoms with Gasteiger partial charge in [0, 0.05) is 44.1 Å². The van der Waals surface area contributed by atoms with Gasteiger partial charge in [-0.25, -0.2) is 0 Å². The summed E-state index contributed by atoms with van der Waals surface area (Å²) in [4.78, 5) is 5.62. The van der Waals surface area contributed by atoms with E-state index in [1.54, 1.807) is 0 Å². The van der Waals surface area contributed by atoms with Crippen molar-refractivity contribution in [3.05, 3.63) is 199 Å². The predicted octanol–water partition coefficient (Wildman–Crippen LogP) is 11.2. The van der Waals surface area contributed by atoms with Crippen molar-refractivity contribution in [3.63, 3.8) is 0 Å². The quantitative estimate of drug-likeness (QED) is 0.197. The van der Waals surface area contributed by atoms with Crippen molar-refractivity contribution >= 4 is 55.1 Å². The number of para-hydroxylation sites is 4. The maximum absolute atomic E-state index is 5.62. The molecule has 0 saturated carbocycles. The van der Waals surface area contributed by atoms with Gasteiger partial charge in [-0.1, -0.05) is 133 Å². The van der Waals surface area contributed by atoms with Crippen molar-refractivity contribution in [2.45, 2.75) is 12.5 Å². The van der Waals surface area contributed by atoms with Gasteiger partial charge in [0.25, 0.3) is 0 Å². The molecule has 3 heterocycles. The lowest BCUT2D eigenvalue weighted by Crippen LogP contribution is -2.34. The summed E-state index contributed by atoms with van der Waals surface area (Å²) in [5.74, 6) is 0.847. The smallest absolute Gasteiger partial charge is 0.133 e. The number of hydrogen-bond donors (Lipinski definition) is 1. The topological polar surface area (TPSA) is 34.2 Å². The van der Waals surface area contributed by atoms with Crippen molar-refractivity contribution in [2.75, 3.05) is 0 Å². The van der Waals surface area contributed by atoms with Gasteiger partial charge < -0.3 is 14.5 Å². The van der Waals surface area contributed by atoms with E-state index in [4.69, 9.17) is 4.99 Å². The summed E-state index contributed by atoms with van der Waals surface area (Å²) < 4.78 is 4.86. The fourth-order valence-electron chi connectivity index (χ4n) is 8.01. The van der Waals surface area contributed by atoms with E-state index in [2.05, 4.69) is 203 Å². The Balaban J connectivity index is 1.37. The van der Waals surface area contributed by atoms with Crippen LogP contribution < -0.4 is 5.32 Å². The van der Waals surface area contributed by atoms with Gasteiger partial charge in [-0.3, -0.25) is 4.99 Å². The average Bonchev–Trinajstić information content (AvgIpc) is 3.71. The van der Waals surface area contributed by atoms with E-state index in [9.17, 15) is 0 Å². The number of aromatic nitrogens is 2. The first-order valence-corrected chi connectivity index (χ1v) is 17.5. The van der Waals surface area contributed by atoms with Crippen molar-refractivity contribution in [3.8, 4) is 11.4 Å². The van der Waals surface area contributed by atoms with Crippen molar-refractivity contribution in [2.24, 2.45) is 4.99 Å². The zero-order chi connectivity index (χ0) is 33.9. The van der Waals surface area contributed by atoms with Gasteiger partial charge in [-0.05, 0) is 61.0 Å². The largest absolute Gasteiger partial charge is 0.340 e. The van der Waals surface area contributed by atoms with Gasteiger partial charge in [0.05, 0.1) is 27.8 Å². The van der Waals surface area contributed by atoms with Gasteiger partial charge >= 0.3 is 0 Å². The number of hydrogen-bond acceptors (Lipinski definition) is 2. The first-order valence-electron chi connectivity index (χ1n) is 17.5. The molecule has 10 rings (SSSR count). The number of benzene rings is 7. The molecule has 9 aromatic rings. The van der Waals surface area contributed by atoms with Crippen LogP contribution in [0.1, 0.15) is 23.6 Å². The third-order valence-electron chi connectivity index (χ3n) is 10.3. The molecule has 0 radical (unpaired) electrons. The molecule has 2 aromatic heterocycles. The highest BCUT2D eigenvalue weighted by molar-refractivity contribution is 6.13. The highest BCUT2D eigenvalue weighted by atomic mass is 15.1. The second-order valence-corrected chi connectivity index (χ2v) is 13.5. The van der Waals surface area contributed by atoms with Crippen LogP contribution in [0.25, 0.3) is 60.7 Å². The number of amidine groups is 1. The molecule has 0 bridgehead atoms. The van der Waals surface area contributed by atoms with Crippen LogP contribution >= 0.6 is 0 Å². The third kappa shape index (κ3) is 4.64. The molecule has 4 nitrogen and oxygen atoms in total. The zero-order valence-electron chi connectivity index (χ0n) is 28.2. The second kappa shape index (κ2) is 11.5. The lowest BCUT2D eigenvalue weighted by atomic mass is 9.86. The van der Waals surface area contributed by atoms with Gasteiger partial charge in [-0.2, -0.15) is 0 Å². The van der Waals surface area contributed by atoms with Crippen molar-refractivity contribution in [1.29, 1.82) is 0 Å². The molecule has 1 N–H and O–H groups in total. The van der Waals surface area contributed by atoms with Crippen LogP contribution in [-0.4, -0.2) is 15.0 Å². The van der Waals surface area contributed by atoms with Crippen molar-refractivity contribution < 1.29 is 0 Å². The summed E-state index contributed by atoms with van der Waals surface area (Å²) in [5, 5.41) is 8.58. The summed E-state index contributed by atoms with van der Waals surface area (Å²) in [6, 6.07) is 62.8. The molecule has 7 aromatic carbocycles. The first-order chi connectivity index (χ1) is 25.2. The Morgan fingerprint density at radius 3 is 1.57 bits per heavy atom. The Morgan fingerprint density at radius 1 is 0.471 bits per heavy atom. The van der Waals surface area contributed by atoms with E-state index in [1.165, 1.54) is 38.1 Å². The summed E-state index contributed by atoms with van der Waals surface area (Å²) in [6.07, 6.45) is 2.31. The van der Waals surface area contributed by atoms with Crippen LogP contribution in [0, 0.1) is 0 Å². The molecule has 1 aliphatic heterocycles. The highest BCUT2D eigenvalue weighted by Gasteiger charge is 2.34. The Kier molecular flexibility index (Phi) is 6.58. The molecule has 51 heavy (non-hydrogen) atoms. The molecule has 0 saturated heterocycles. The fourth-order valence-corrected chi connectivity index (χ4v) is 8.01. The zero-order valence-corrected chi connectivity index (χ0v) is 28.2. The monoisotopic (exact) mass is 654 g/mol. The van der Waals surface area contributed by atoms with Crippen LogP contribution in [0.2, 0.25) is 0 Å². The van der Waals surface area contributed by atoms with Crippen LogP contribution in [0.4, 0.5) is 0 Å². The van der Waals surface area contributed by atoms with E-state index >= 15 is 0 Å². The van der Waals surface area contributed by atoms with E-state index in [0.29, 0.717) is 0 Å². The maximum Gasteiger partial charge on any atom is 0.133 e. The Bertz CT molecular complexity index is 2710. The summed E-state index contributed by atoms with van der Waals surface area (Å²) in [6.45, 7) is 2.26. The molecule has 1 atom stereocenters. The minimum atomic E-state index is -0.743. The van der Waals surface area contributed by atoms with Gasteiger partial charge in [-0.15, -0.1) is 0 Å². The van der Waals surface area contributed by atoms with Crippen LogP contribution in [0.15, 0.2) is 187 Å². The molecule has 0 fully saturated rings. The molecule has 0 spiro atoms. The number of aliphatic imine (C=N–C) groups is 1. The van der Waals surface area contributed by atoms with E-state index in [-0.39, 0.29) is 0 Å². The van der Waals surface area contributed by atoms with E-state index in [0.717, 1.165) is 45.1 Å². The van der Waals surface area contributed by atoms with Gasteiger partial charge in [0.15, 0.2) is 0 Å². The number of nitrogens with one attached hydrogen (secondary N) is 1. The van der Waals surface area contributed by atoms with Crippen LogP contribution in [-0.2, 0) is 5.54 Å². The number of rotatable bonds is 5. The molecular formula is C47H34N4. The predicted molar refractivity (Wildman–Crippen MR) is 213 cm³/mol. The maximum atomic E-state index is 5.62. The molecule has 1 unspecified atom stereocenters. The van der Waals surface area contributed by atoms with E-state index < -0.39 is 5.54 Å². The van der Waals surface area contributed by atoms with Crippen molar-refractivity contribution in [1.82, 2.24) is 14.5 Å². The van der Waals surface area contributed by atoms with Gasteiger partial charge in [0.2, 0.25) is 0 Å². The first kappa shape index (κ1) is 29.3. The Morgan fingerprint density at radius 2 is 0.961 bits per heavy atom.